The highest BCUT2D eigenvalue weighted by Crippen LogP contribution is 2.11. The number of oxime groups is 1. The molecular formula is C7H9FN3OP. The highest BCUT2D eigenvalue weighted by Gasteiger charge is 2.11. The Bertz CT molecular complexity index is 344. The first-order chi connectivity index (χ1) is 6.06. The summed E-state index contributed by atoms with van der Waals surface area (Å²) < 4.78 is 13.2. The average molecular weight is 201 g/mol. The zero-order chi connectivity index (χ0) is 10.0. The minimum Gasteiger partial charge on any atom is -0.409 e. The third-order valence-corrected chi connectivity index (χ3v) is 1.96. The van der Waals surface area contributed by atoms with E-state index in [1.807, 2.05) is 0 Å². The van der Waals surface area contributed by atoms with Crippen molar-refractivity contribution in [3.05, 3.63) is 23.5 Å². The summed E-state index contributed by atoms with van der Waals surface area (Å²) >= 11 is 0. The van der Waals surface area contributed by atoms with Gasteiger partial charge in [-0.2, -0.15) is 0 Å². The molecule has 0 heterocycles. The van der Waals surface area contributed by atoms with Crippen LogP contribution in [-0.4, -0.2) is 11.0 Å². The molecule has 4 nitrogen and oxygen atoms in total. The van der Waals surface area contributed by atoms with Gasteiger partial charge in [0.05, 0.1) is 5.56 Å². The van der Waals surface area contributed by atoms with Crippen LogP contribution in [0.1, 0.15) is 5.56 Å². The number of halogens is 1. The Morgan fingerprint density at radius 1 is 1.54 bits per heavy atom. The largest absolute Gasteiger partial charge is 0.409 e. The number of amidine groups is 1. The van der Waals surface area contributed by atoms with Gasteiger partial charge in [-0.25, -0.2) is 4.39 Å². The molecule has 0 spiro atoms. The second-order valence-corrected chi connectivity index (χ2v) is 3.07. The van der Waals surface area contributed by atoms with Crippen molar-refractivity contribution < 1.29 is 9.60 Å². The number of anilines is 1. The summed E-state index contributed by atoms with van der Waals surface area (Å²) in [5, 5.41) is 11.5. The van der Waals surface area contributed by atoms with Gasteiger partial charge in [-0.05, 0) is 17.4 Å². The Balaban J connectivity index is 3.37. The molecule has 1 atom stereocenters. The fourth-order valence-electron chi connectivity index (χ4n) is 0.970. The van der Waals surface area contributed by atoms with E-state index in [0.717, 1.165) is 6.07 Å². The molecule has 0 aliphatic carbocycles. The van der Waals surface area contributed by atoms with Crippen LogP contribution in [0.15, 0.2) is 17.3 Å². The first-order valence-corrected chi connectivity index (χ1v) is 3.96. The zero-order valence-corrected chi connectivity index (χ0v) is 7.81. The van der Waals surface area contributed by atoms with Crippen molar-refractivity contribution in [1.29, 1.82) is 0 Å². The number of hydrogen-bond acceptors (Lipinski definition) is 3. The summed E-state index contributed by atoms with van der Waals surface area (Å²) in [7, 11) is 2.26. The topological polar surface area (TPSA) is 84.6 Å². The molecule has 0 bridgehead atoms. The van der Waals surface area contributed by atoms with Crippen molar-refractivity contribution >= 4 is 26.1 Å². The fraction of sp³-hybridized carbons (Fsp3) is 0. The van der Waals surface area contributed by atoms with E-state index >= 15 is 0 Å². The van der Waals surface area contributed by atoms with Crippen LogP contribution in [0.5, 0.6) is 0 Å². The lowest BCUT2D eigenvalue weighted by Crippen LogP contribution is -2.22. The first kappa shape index (κ1) is 9.74. The van der Waals surface area contributed by atoms with Crippen molar-refractivity contribution in [2.24, 2.45) is 10.9 Å². The summed E-state index contributed by atoms with van der Waals surface area (Å²) in [5.74, 6) is -0.886. The van der Waals surface area contributed by atoms with E-state index < -0.39 is 5.82 Å². The molecule has 1 unspecified atom stereocenters. The van der Waals surface area contributed by atoms with Crippen LogP contribution in [0.3, 0.4) is 0 Å². The maximum atomic E-state index is 13.2. The molecule has 0 fully saturated rings. The molecule has 70 valence electrons. The van der Waals surface area contributed by atoms with Gasteiger partial charge in [-0.3, -0.25) is 0 Å². The molecule has 0 radical (unpaired) electrons. The van der Waals surface area contributed by atoms with Crippen molar-refractivity contribution in [3.8, 4) is 0 Å². The van der Waals surface area contributed by atoms with Gasteiger partial charge in [-0.15, -0.1) is 9.24 Å². The smallest absolute Gasteiger partial charge is 0.173 e. The first-order valence-electron chi connectivity index (χ1n) is 3.38. The summed E-state index contributed by atoms with van der Waals surface area (Å²) in [6.45, 7) is 0. The van der Waals surface area contributed by atoms with Gasteiger partial charge in [-0.1, -0.05) is 5.16 Å². The number of hydrogen-bond donors (Lipinski definition) is 3. The van der Waals surface area contributed by atoms with Gasteiger partial charge in [0.1, 0.15) is 5.82 Å². The predicted molar refractivity (Wildman–Crippen MR) is 52.7 cm³/mol. The maximum absolute atomic E-state index is 13.2. The monoisotopic (exact) mass is 201 g/mol. The highest BCUT2D eigenvalue weighted by molar-refractivity contribution is 7.27. The molecule has 0 saturated carbocycles. The van der Waals surface area contributed by atoms with Crippen molar-refractivity contribution in [2.45, 2.75) is 0 Å². The second-order valence-electron chi connectivity index (χ2n) is 2.45. The number of benzene rings is 1. The summed E-state index contributed by atoms with van der Waals surface area (Å²) in [6, 6.07) is 2.63. The van der Waals surface area contributed by atoms with Gasteiger partial charge in [0, 0.05) is 5.69 Å². The Labute approximate surface area is 76.6 Å². The molecule has 0 saturated heterocycles. The third-order valence-electron chi connectivity index (χ3n) is 1.51. The van der Waals surface area contributed by atoms with Crippen LogP contribution >= 0.6 is 9.24 Å². The Morgan fingerprint density at radius 2 is 2.15 bits per heavy atom. The average Bonchev–Trinajstić information content (AvgIpc) is 2.02. The SMILES string of the molecule is N/C(=N\O)c1c(F)cc(N)cc1P. The molecule has 0 amide bonds. The lowest BCUT2D eigenvalue weighted by molar-refractivity contribution is 0.318. The summed E-state index contributed by atoms with van der Waals surface area (Å²) in [4.78, 5) is 0. The minimum absolute atomic E-state index is 0.0432. The molecular weight excluding hydrogens is 192 g/mol. The standard InChI is InChI=1S/C7H9FN3OP/c8-4-1-3(9)2-5(13)6(4)7(10)11-12/h1-2,12H,9,13H2,(H2,10,11). The van der Waals surface area contributed by atoms with Gasteiger partial charge in [0.2, 0.25) is 0 Å². The number of nitrogens with zero attached hydrogens (tertiary/aromatic N) is 1. The molecule has 0 aliphatic rings. The molecule has 1 aromatic rings. The Morgan fingerprint density at radius 3 is 2.62 bits per heavy atom. The quantitative estimate of drug-likeness (QED) is 0.149. The zero-order valence-electron chi connectivity index (χ0n) is 6.66. The third kappa shape index (κ3) is 1.87. The highest BCUT2D eigenvalue weighted by atomic mass is 31.0. The van der Waals surface area contributed by atoms with Crippen molar-refractivity contribution in [3.63, 3.8) is 0 Å². The van der Waals surface area contributed by atoms with E-state index in [1.54, 1.807) is 0 Å². The van der Waals surface area contributed by atoms with Crippen molar-refractivity contribution in [2.75, 3.05) is 5.73 Å². The van der Waals surface area contributed by atoms with Crippen LogP contribution < -0.4 is 16.8 Å². The molecule has 1 rings (SSSR count). The fourth-order valence-corrected chi connectivity index (χ4v) is 1.45. The van der Waals surface area contributed by atoms with Crippen LogP contribution in [0.2, 0.25) is 0 Å². The van der Waals surface area contributed by atoms with E-state index in [-0.39, 0.29) is 17.1 Å². The molecule has 1 aromatic carbocycles. The maximum Gasteiger partial charge on any atom is 0.173 e. The van der Waals surface area contributed by atoms with E-state index in [9.17, 15) is 4.39 Å². The summed E-state index contributed by atoms with van der Waals surface area (Å²) in [5.41, 5.74) is 11.0. The van der Waals surface area contributed by atoms with Gasteiger partial charge < -0.3 is 16.7 Å². The van der Waals surface area contributed by atoms with E-state index in [2.05, 4.69) is 14.4 Å². The van der Waals surface area contributed by atoms with Gasteiger partial charge >= 0.3 is 0 Å². The lowest BCUT2D eigenvalue weighted by atomic mass is 10.2. The molecule has 5 N–H and O–H groups in total. The molecule has 6 heteroatoms. The van der Waals surface area contributed by atoms with Gasteiger partial charge in [0.25, 0.3) is 0 Å². The lowest BCUT2D eigenvalue weighted by Gasteiger charge is -2.05. The minimum atomic E-state index is -0.611. The Hall–Kier alpha value is -1.35. The normalized spacial score (nSPS) is 11.7. The number of nitrogens with two attached hydrogens (primary N) is 2. The van der Waals surface area contributed by atoms with Crippen LogP contribution in [0.4, 0.5) is 10.1 Å². The van der Waals surface area contributed by atoms with E-state index in [0.29, 0.717) is 5.30 Å². The Kier molecular flexibility index (Phi) is 2.68. The van der Waals surface area contributed by atoms with Crippen molar-refractivity contribution in [1.82, 2.24) is 0 Å². The second kappa shape index (κ2) is 3.58. The van der Waals surface area contributed by atoms with Crippen LogP contribution in [0, 0.1) is 5.82 Å². The predicted octanol–water partition coefficient (Wildman–Crippen LogP) is 0.00280. The van der Waals surface area contributed by atoms with Gasteiger partial charge in [0.15, 0.2) is 5.84 Å². The molecule has 0 aromatic heterocycles. The van der Waals surface area contributed by atoms with E-state index in [1.165, 1.54) is 6.07 Å². The number of rotatable bonds is 1. The van der Waals surface area contributed by atoms with Crippen LogP contribution in [0.25, 0.3) is 0 Å². The number of nitrogen functional groups attached to an aromatic ring is 1. The van der Waals surface area contributed by atoms with Crippen LogP contribution in [-0.2, 0) is 0 Å². The van der Waals surface area contributed by atoms with E-state index in [4.69, 9.17) is 16.7 Å². The molecule has 13 heavy (non-hydrogen) atoms. The summed E-state index contributed by atoms with van der Waals surface area (Å²) in [6.07, 6.45) is 0. The molecule has 0 aliphatic heterocycles.